The molecule has 7 heteroatoms. The Balaban J connectivity index is 2.45. The number of hydrogen-bond donors (Lipinski definition) is 1. The summed E-state index contributed by atoms with van der Waals surface area (Å²) in [4.78, 5) is 8.00. The van der Waals surface area contributed by atoms with Gasteiger partial charge < -0.3 is 9.47 Å². The molecule has 2 aromatic rings. The first-order valence-electron chi connectivity index (χ1n) is 6.28. The van der Waals surface area contributed by atoms with Crippen molar-refractivity contribution >= 4 is 23.6 Å². The smallest absolute Gasteiger partial charge is 0.195 e. The van der Waals surface area contributed by atoms with Crippen molar-refractivity contribution in [1.82, 2.24) is 24.6 Å². The van der Waals surface area contributed by atoms with Crippen molar-refractivity contribution in [1.29, 1.82) is 0 Å². The third kappa shape index (κ3) is 3.10. The van der Waals surface area contributed by atoms with E-state index in [4.69, 9.17) is 17.2 Å². The highest BCUT2D eigenvalue weighted by Gasteiger charge is 2.17. The van der Waals surface area contributed by atoms with Crippen molar-refractivity contribution in [2.24, 2.45) is 7.05 Å². The van der Waals surface area contributed by atoms with Crippen molar-refractivity contribution in [3.63, 3.8) is 0 Å². The van der Waals surface area contributed by atoms with Crippen LogP contribution in [0.1, 0.15) is 24.0 Å². The number of H-pyrrole nitrogens is 1. The van der Waals surface area contributed by atoms with E-state index in [1.54, 1.807) is 11.3 Å². The van der Waals surface area contributed by atoms with Crippen LogP contribution in [0.25, 0.3) is 10.7 Å². The molecule has 5 nitrogen and oxygen atoms in total. The fourth-order valence-electron chi connectivity index (χ4n) is 1.87. The summed E-state index contributed by atoms with van der Waals surface area (Å²) in [6.45, 7) is 3.02. The number of aromatic nitrogens is 4. The molecule has 0 fully saturated rings. The average molecular weight is 297 g/mol. The Labute approximate surface area is 122 Å². The molecule has 19 heavy (non-hydrogen) atoms. The molecule has 0 saturated carbocycles. The maximum atomic E-state index is 5.18. The van der Waals surface area contributed by atoms with Gasteiger partial charge in [0.05, 0.1) is 10.6 Å². The lowest BCUT2D eigenvalue weighted by atomic mass is 10.2. The summed E-state index contributed by atoms with van der Waals surface area (Å²) in [5, 5.41) is 8.29. The van der Waals surface area contributed by atoms with Gasteiger partial charge in [0.25, 0.3) is 0 Å². The minimum Gasteiger partial charge on any atom is -0.303 e. The largest absolute Gasteiger partial charge is 0.303 e. The Bertz CT molecular complexity index is 608. The van der Waals surface area contributed by atoms with Gasteiger partial charge in [-0.3, -0.25) is 5.10 Å². The number of hydrogen-bond acceptors (Lipinski definition) is 5. The van der Waals surface area contributed by atoms with Crippen LogP contribution >= 0.6 is 23.6 Å². The van der Waals surface area contributed by atoms with Crippen molar-refractivity contribution in [3.05, 3.63) is 15.5 Å². The number of rotatable bonds is 5. The molecule has 0 aliphatic carbocycles. The zero-order valence-electron chi connectivity index (χ0n) is 11.7. The summed E-state index contributed by atoms with van der Waals surface area (Å²) in [7, 11) is 6.04. The zero-order chi connectivity index (χ0) is 14.0. The van der Waals surface area contributed by atoms with Crippen molar-refractivity contribution < 1.29 is 0 Å². The minimum absolute atomic E-state index is 0.639. The van der Waals surface area contributed by atoms with E-state index in [9.17, 15) is 0 Å². The average Bonchev–Trinajstić information content (AvgIpc) is 2.85. The first kappa shape index (κ1) is 14.4. The molecule has 2 rings (SSSR count). The van der Waals surface area contributed by atoms with E-state index in [0.29, 0.717) is 4.77 Å². The molecule has 2 heterocycles. The standard InChI is InChI=1S/C12H19N5S2/c1-5-6-8-10(11-14-15-12(18)17(11)4)19-9(13-8)7-16(2)3/h5-7H2,1-4H3,(H,15,18). The van der Waals surface area contributed by atoms with Gasteiger partial charge in [-0.25, -0.2) is 4.98 Å². The molecule has 0 aliphatic rings. The Hall–Kier alpha value is -1.05. The van der Waals surface area contributed by atoms with Crippen LogP contribution in [0.2, 0.25) is 0 Å². The Kier molecular flexibility index (Phi) is 4.49. The van der Waals surface area contributed by atoms with Crippen LogP contribution in [-0.2, 0) is 20.0 Å². The fraction of sp³-hybridized carbons (Fsp3) is 0.583. The Morgan fingerprint density at radius 1 is 1.42 bits per heavy atom. The highest BCUT2D eigenvalue weighted by molar-refractivity contribution is 7.71. The summed E-state index contributed by atoms with van der Waals surface area (Å²) in [5.41, 5.74) is 1.13. The predicted octanol–water partition coefficient (Wildman–Crippen LogP) is 2.62. The van der Waals surface area contributed by atoms with Gasteiger partial charge in [0.1, 0.15) is 5.01 Å². The van der Waals surface area contributed by atoms with E-state index < -0.39 is 0 Å². The summed E-state index contributed by atoms with van der Waals surface area (Å²) in [6.07, 6.45) is 2.05. The summed E-state index contributed by atoms with van der Waals surface area (Å²) < 4.78 is 2.54. The van der Waals surface area contributed by atoms with Crippen molar-refractivity contribution in [2.75, 3.05) is 14.1 Å². The predicted molar refractivity (Wildman–Crippen MR) is 80.9 cm³/mol. The van der Waals surface area contributed by atoms with Gasteiger partial charge in [-0.2, -0.15) is 5.10 Å². The number of nitrogens with zero attached hydrogens (tertiary/aromatic N) is 4. The van der Waals surface area contributed by atoms with Gasteiger partial charge in [0.15, 0.2) is 10.6 Å². The van der Waals surface area contributed by atoms with Gasteiger partial charge in [-0.1, -0.05) is 13.3 Å². The Morgan fingerprint density at radius 3 is 2.68 bits per heavy atom. The van der Waals surface area contributed by atoms with Crippen LogP contribution in [0.15, 0.2) is 0 Å². The maximum absolute atomic E-state index is 5.18. The highest BCUT2D eigenvalue weighted by Crippen LogP contribution is 2.30. The lowest BCUT2D eigenvalue weighted by Gasteiger charge is -2.04. The quantitative estimate of drug-likeness (QED) is 0.862. The van der Waals surface area contributed by atoms with Crippen molar-refractivity contribution in [3.8, 4) is 10.7 Å². The van der Waals surface area contributed by atoms with E-state index in [1.807, 2.05) is 11.6 Å². The van der Waals surface area contributed by atoms with Gasteiger partial charge in [0, 0.05) is 13.6 Å². The van der Waals surface area contributed by atoms with Crippen LogP contribution in [0.3, 0.4) is 0 Å². The second kappa shape index (κ2) is 5.94. The zero-order valence-corrected chi connectivity index (χ0v) is 13.4. The molecule has 2 aromatic heterocycles. The normalized spacial score (nSPS) is 11.4. The van der Waals surface area contributed by atoms with Crippen LogP contribution in [0.5, 0.6) is 0 Å². The molecule has 0 amide bonds. The molecular formula is C12H19N5S2. The van der Waals surface area contributed by atoms with Gasteiger partial charge in [0.2, 0.25) is 0 Å². The molecule has 1 N–H and O–H groups in total. The highest BCUT2D eigenvalue weighted by atomic mass is 32.1. The van der Waals surface area contributed by atoms with Gasteiger partial charge >= 0.3 is 0 Å². The molecule has 0 aromatic carbocycles. The maximum Gasteiger partial charge on any atom is 0.195 e. The van der Waals surface area contributed by atoms with Crippen LogP contribution in [0, 0.1) is 4.77 Å². The SMILES string of the molecule is CCCc1nc(CN(C)C)sc1-c1n[nH]c(=S)n1C. The van der Waals surface area contributed by atoms with Crippen LogP contribution in [-0.4, -0.2) is 38.7 Å². The number of nitrogens with one attached hydrogen (secondary N) is 1. The molecule has 0 unspecified atom stereocenters. The van der Waals surface area contributed by atoms with E-state index in [-0.39, 0.29) is 0 Å². The molecule has 0 spiro atoms. The second-order valence-electron chi connectivity index (χ2n) is 4.78. The van der Waals surface area contributed by atoms with Crippen LogP contribution in [0.4, 0.5) is 0 Å². The van der Waals surface area contributed by atoms with Gasteiger partial charge in [-0.05, 0) is 32.7 Å². The molecule has 0 saturated heterocycles. The number of aryl methyl sites for hydroxylation is 1. The number of aromatic amines is 1. The number of thiazole rings is 1. The monoisotopic (exact) mass is 297 g/mol. The second-order valence-corrected chi connectivity index (χ2v) is 6.25. The van der Waals surface area contributed by atoms with Gasteiger partial charge in [-0.15, -0.1) is 11.3 Å². The van der Waals surface area contributed by atoms with Crippen LogP contribution < -0.4 is 0 Å². The summed E-state index contributed by atoms with van der Waals surface area (Å²) in [6, 6.07) is 0. The minimum atomic E-state index is 0.639. The molecule has 0 aliphatic heterocycles. The third-order valence-corrected chi connectivity index (χ3v) is 4.21. The van der Waals surface area contributed by atoms with E-state index in [0.717, 1.165) is 40.8 Å². The van der Waals surface area contributed by atoms with E-state index in [2.05, 4.69) is 36.1 Å². The Morgan fingerprint density at radius 2 is 2.16 bits per heavy atom. The molecule has 0 bridgehead atoms. The topological polar surface area (TPSA) is 49.7 Å². The first-order chi connectivity index (χ1) is 9.02. The summed E-state index contributed by atoms with van der Waals surface area (Å²) in [5.74, 6) is 0.885. The van der Waals surface area contributed by atoms with Crippen molar-refractivity contribution in [2.45, 2.75) is 26.3 Å². The third-order valence-electron chi connectivity index (χ3n) is 2.76. The summed E-state index contributed by atoms with van der Waals surface area (Å²) >= 11 is 6.89. The molecule has 104 valence electrons. The fourth-order valence-corrected chi connectivity index (χ4v) is 3.26. The molecule has 0 atom stereocenters. The lowest BCUT2D eigenvalue weighted by Crippen LogP contribution is -2.10. The first-order valence-corrected chi connectivity index (χ1v) is 7.50. The molecular weight excluding hydrogens is 278 g/mol. The lowest BCUT2D eigenvalue weighted by molar-refractivity contribution is 0.401. The molecule has 0 radical (unpaired) electrons. The van der Waals surface area contributed by atoms with E-state index >= 15 is 0 Å². The van der Waals surface area contributed by atoms with E-state index in [1.165, 1.54) is 0 Å².